The molecule has 0 saturated carbocycles. The predicted molar refractivity (Wildman–Crippen MR) is 99.5 cm³/mol. The Kier molecular flexibility index (Phi) is 5.77. The highest BCUT2D eigenvalue weighted by molar-refractivity contribution is 6.09. The van der Waals surface area contributed by atoms with E-state index in [0.29, 0.717) is 0 Å². The SMILES string of the molecule is CN(CC(=O)NC(C)(C)C)C(=O)CN1C(=O)NC(C)(c2ccccc2F)C1=O. The van der Waals surface area contributed by atoms with Crippen LogP contribution in [0.1, 0.15) is 33.3 Å². The van der Waals surface area contributed by atoms with Gasteiger partial charge < -0.3 is 15.5 Å². The summed E-state index contributed by atoms with van der Waals surface area (Å²) in [6.07, 6.45) is 0. The lowest BCUT2D eigenvalue weighted by Gasteiger charge is -2.25. The summed E-state index contributed by atoms with van der Waals surface area (Å²) in [6, 6.07) is 4.83. The summed E-state index contributed by atoms with van der Waals surface area (Å²) in [5.74, 6) is -2.33. The number of nitrogens with zero attached hydrogens (tertiary/aromatic N) is 2. The number of likely N-dealkylation sites (N-methyl/N-ethyl adjacent to an activating group) is 1. The fourth-order valence-electron chi connectivity index (χ4n) is 2.91. The van der Waals surface area contributed by atoms with Crippen molar-refractivity contribution in [2.75, 3.05) is 20.1 Å². The molecule has 0 radical (unpaired) electrons. The first-order valence-electron chi connectivity index (χ1n) is 8.79. The molecule has 1 aromatic carbocycles. The first-order valence-corrected chi connectivity index (χ1v) is 8.79. The van der Waals surface area contributed by atoms with Gasteiger partial charge in [0.1, 0.15) is 17.9 Å². The first-order chi connectivity index (χ1) is 12.8. The van der Waals surface area contributed by atoms with Crippen LogP contribution in [0.5, 0.6) is 0 Å². The summed E-state index contributed by atoms with van der Waals surface area (Å²) in [7, 11) is 1.40. The second-order valence-electron chi connectivity index (χ2n) is 7.97. The molecule has 1 aliphatic heterocycles. The zero-order valence-electron chi connectivity index (χ0n) is 16.6. The molecule has 1 atom stereocenters. The van der Waals surface area contributed by atoms with E-state index in [2.05, 4.69) is 10.6 Å². The van der Waals surface area contributed by atoms with Gasteiger partial charge in [0.25, 0.3) is 5.91 Å². The van der Waals surface area contributed by atoms with Gasteiger partial charge >= 0.3 is 6.03 Å². The average molecular weight is 392 g/mol. The fourth-order valence-corrected chi connectivity index (χ4v) is 2.91. The molecule has 1 aliphatic rings. The van der Waals surface area contributed by atoms with E-state index in [9.17, 15) is 23.6 Å². The zero-order valence-corrected chi connectivity index (χ0v) is 16.6. The number of hydrogen-bond acceptors (Lipinski definition) is 4. The van der Waals surface area contributed by atoms with Crippen molar-refractivity contribution in [1.29, 1.82) is 0 Å². The van der Waals surface area contributed by atoms with E-state index >= 15 is 0 Å². The van der Waals surface area contributed by atoms with Gasteiger partial charge in [-0.25, -0.2) is 9.18 Å². The molecule has 5 amide bonds. The Morgan fingerprint density at radius 1 is 1.25 bits per heavy atom. The molecular weight excluding hydrogens is 367 g/mol. The smallest absolute Gasteiger partial charge is 0.325 e. The number of carbonyl (C=O) groups is 4. The average Bonchev–Trinajstić information content (AvgIpc) is 2.77. The van der Waals surface area contributed by atoms with Gasteiger partial charge in [-0.2, -0.15) is 0 Å². The van der Waals surface area contributed by atoms with E-state index < -0.39 is 41.3 Å². The van der Waals surface area contributed by atoms with Crippen molar-refractivity contribution in [2.45, 2.75) is 38.8 Å². The van der Waals surface area contributed by atoms with Gasteiger partial charge in [-0.3, -0.25) is 19.3 Å². The number of amides is 5. The van der Waals surface area contributed by atoms with Crippen LogP contribution < -0.4 is 10.6 Å². The van der Waals surface area contributed by atoms with Gasteiger partial charge in [-0.1, -0.05) is 18.2 Å². The normalized spacial score (nSPS) is 19.4. The number of hydrogen-bond donors (Lipinski definition) is 2. The summed E-state index contributed by atoms with van der Waals surface area (Å²) < 4.78 is 14.1. The lowest BCUT2D eigenvalue weighted by atomic mass is 9.91. The topological polar surface area (TPSA) is 98.8 Å². The van der Waals surface area contributed by atoms with E-state index in [1.54, 1.807) is 6.07 Å². The van der Waals surface area contributed by atoms with E-state index in [1.807, 2.05) is 20.8 Å². The van der Waals surface area contributed by atoms with Gasteiger partial charge in [0.2, 0.25) is 11.8 Å². The molecule has 8 nitrogen and oxygen atoms in total. The van der Waals surface area contributed by atoms with Crippen LogP contribution in [0.4, 0.5) is 9.18 Å². The largest absolute Gasteiger partial charge is 0.350 e. The van der Waals surface area contributed by atoms with Crippen molar-refractivity contribution in [3.8, 4) is 0 Å². The third-order valence-electron chi connectivity index (χ3n) is 4.30. The van der Waals surface area contributed by atoms with Gasteiger partial charge in [-0.05, 0) is 33.8 Å². The maximum absolute atomic E-state index is 14.1. The van der Waals surface area contributed by atoms with E-state index in [4.69, 9.17) is 0 Å². The monoisotopic (exact) mass is 392 g/mol. The third-order valence-corrected chi connectivity index (χ3v) is 4.30. The summed E-state index contributed by atoms with van der Waals surface area (Å²) >= 11 is 0. The molecule has 0 aromatic heterocycles. The molecule has 1 aromatic rings. The second-order valence-corrected chi connectivity index (χ2v) is 7.97. The van der Waals surface area contributed by atoms with Crippen molar-refractivity contribution in [2.24, 2.45) is 0 Å². The number of imide groups is 1. The molecule has 0 aliphatic carbocycles. The van der Waals surface area contributed by atoms with Crippen LogP contribution in [-0.2, 0) is 19.9 Å². The maximum Gasteiger partial charge on any atom is 0.325 e. The molecule has 1 saturated heterocycles. The van der Waals surface area contributed by atoms with E-state index in [1.165, 1.54) is 32.2 Å². The Morgan fingerprint density at radius 3 is 2.43 bits per heavy atom. The van der Waals surface area contributed by atoms with Crippen LogP contribution >= 0.6 is 0 Å². The van der Waals surface area contributed by atoms with Crippen molar-refractivity contribution in [3.05, 3.63) is 35.6 Å². The molecule has 1 heterocycles. The molecule has 152 valence electrons. The van der Waals surface area contributed by atoms with Gasteiger partial charge in [0, 0.05) is 18.2 Å². The minimum atomic E-state index is -1.61. The molecule has 1 unspecified atom stereocenters. The highest BCUT2D eigenvalue weighted by Gasteiger charge is 2.50. The molecule has 28 heavy (non-hydrogen) atoms. The van der Waals surface area contributed by atoms with Crippen LogP contribution in [0.3, 0.4) is 0 Å². The number of halogens is 1. The fraction of sp³-hybridized carbons (Fsp3) is 0.474. The van der Waals surface area contributed by atoms with Crippen molar-refractivity contribution in [1.82, 2.24) is 20.4 Å². The van der Waals surface area contributed by atoms with Crippen molar-refractivity contribution < 1.29 is 23.6 Å². The highest BCUT2D eigenvalue weighted by atomic mass is 19.1. The highest BCUT2D eigenvalue weighted by Crippen LogP contribution is 2.30. The predicted octanol–water partition coefficient (Wildman–Crippen LogP) is 0.966. The quantitative estimate of drug-likeness (QED) is 0.730. The Morgan fingerprint density at radius 2 is 1.86 bits per heavy atom. The molecule has 2 rings (SSSR count). The van der Waals surface area contributed by atoms with Crippen LogP contribution in [-0.4, -0.2) is 59.2 Å². The summed E-state index contributed by atoms with van der Waals surface area (Å²) in [6.45, 7) is 6.05. The van der Waals surface area contributed by atoms with Crippen LogP contribution in [0, 0.1) is 5.82 Å². The Bertz CT molecular complexity index is 820. The molecular formula is C19H25FN4O4. The van der Waals surface area contributed by atoms with Crippen LogP contribution in [0.2, 0.25) is 0 Å². The number of carbonyl (C=O) groups excluding carboxylic acids is 4. The van der Waals surface area contributed by atoms with Gasteiger partial charge in [-0.15, -0.1) is 0 Å². The molecule has 0 bridgehead atoms. The van der Waals surface area contributed by atoms with E-state index in [0.717, 1.165) is 9.80 Å². The Hall–Kier alpha value is -2.97. The molecule has 1 fully saturated rings. The standard InChI is InChI=1S/C19H25FN4O4/c1-18(2,3)21-14(25)10-23(5)15(26)11-24-16(27)19(4,22-17(24)28)12-8-6-7-9-13(12)20/h6-9H,10-11H2,1-5H3,(H,21,25)(H,22,28). The lowest BCUT2D eigenvalue weighted by molar-refractivity contribution is -0.139. The van der Waals surface area contributed by atoms with Crippen molar-refractivity contribution >= 4 is 23.8 Å². The molecule has 0 spiro atoms. The van der Waals surface area contributed by atoms with E-state index in [-0.39, 0.29) is 18.0 Å². The van der Waals surface area contributed by atoms with Crippen LogP contribution in [0.15, 0.2) is 24.3 Å². The van der Waals surface area contributed by atoms with Crippen LogP contribution in [0.25, 0.3) is 0 Å². The summed E-state index contributed by atoms with van der Waals surface area (Å²) in [5, 5.41) is 5.17. The number of benzene rings is 1. The molecule has 9 heteroatoms. The lowest BCUT2D eigenvalue weighted by Crippen LogP contribution is -2.49. The van der Waals surface area contributed by atoms with Crippen molar-refractivity contribution in [3.63, 3.8) is 0 Å². The Balaban J connectivity index is 2.09. The summed E-state index contributed by atoms with van der Waals surface area (Å²) in [4.78, 5) is 51.3. The van der Waals surface area contributed by atoms with Gasteiger partial charge in [0.05, 0.1) is 6.54 Å². The zero-order chi connectivity index (χ0) is 21.3. The van der Waals surface area contributed by atoms with Gasteiger partial charge in [0.15, 0.2) is 0 Å². The maximum atomic E-state index is 14.1. The third kappa shape index (κ3) is 4.47. The number of nitrogens with one attached hydrogen (secondary N) is 2. The summed E-state index contributed by atoms with van der Waals surface area (Å²) in [5.41, 5.74) is -2.04. The number of urea groups is 1. The second kappa shape index (κ2) is 7.57. The number of rotatable bonds is 5. The molecule has 2 N–H and O–H groups in total. The first kappa shape index (κ1) is 21.3. The minimum absolute atomic E-state index is 0.0150. The Labute approximate surface area is 163 Å². The minimum Gasteiger partial charge on any atom is -0.350 e.